The first-order chi connectivity index (χ1) is 11.6. The highest BCUT2D eigenvalue weighted by Crippen LogP contribution is 2.26. The Hall–Kier alpha value is -2.24. The van der Waals surface area contributed by atoms with Crippen molar-refractivity contribution < 1.29 is 19.4 Å². The molecule has 6 heteroatoms. The van der Waals surface area contributed by atoms with Crippen molar-refractivity contribution >= 4 is 17.7 Å². The lowest BCUT2D eigenvalue weighted by Gasteiger charge is -2.30. The SMILES string of the molecule is O=C(O)C1CCN(C(=O)Nc2cccc(OC3CCCC3)c2)CC1. The fourth-order valence-corrected chi connectivity index (χ4v) is 3.38. The number of likely N-dealkylation sites (tertiary alicyclic amines) is 1. The number of carbonyl (C=O) groups excluding carboxylic acids is 1. The molecule has 2 N–H and O–H groups in total. The summed E-state index contributed by atoms with van der Waals surface area (Å²) in [5.74, 6) is -0.326. The molecule has 1 aromatic carbocycles. The van der Waals surface area contributed by atoms with E-state index in [1.165, 1.54) is 12.8 Å². The quantitative estimate of drug-likeness (QED) is 0.886. The summed E-state index contributed by atoms with van der Waals surface area (Å²) in [6.45, 7) is 0.947. The Morgan fingerprint density at radius 1 is 1.12 bits per heavy atom. The summed E-state index contributed by atoms with van der Waals surface area (Å²) in [4.78, 5) is 25.0. The van der Waals surface area contributed by atoms with Gasteiger partial charge in [-0.1, -0.05) is 6.07 Å². The van der Waals surface area contributed by atoms with Gasteiger partial charge in [0.25, 0.3) is 0 Å². The van der Waals surface area contributed by atoms with E-state index in [4.69, 9.17) is 9.84 Å². The van der Waals surface area contributed by atoms with Gasteiger partial charge in [0.1, 0.15) is 5.75 Å². The van der Waals surface area contributed by atoms with E-state index >= 15 is 0 Å². The highest BCUT2D eigenvalue weighted by Gasteiger charge is 2.27. The van der Waals surface area contributed by atoms with Gasteiger partial charge in [0.15, 0.2) is 0 Å². The van der Waals surface area contributed by atoms with E-state index in [2.05, 4.69) is 5.32 Å². The van der Waals surface area contributed by atoms with Crippen molar-refractivity contribution in [2.75, 3.05) is 18.4 Å². The zero-order valence-electron chi connectivity index (χ0n) is 13.7. The molecule has 24 heavy (non-hydrogen) atoms. The molecule has 2 fully saturated rings. The number of ether oxygens (including phenoxy) is 1. The molecule has 6 nitrogen and oxygen atoms in total. The van der Waals surface area contributed by atoms with Crippen LogP contribution in [0.4, 0.5) is 10.5 Å². The van der Waals surface area contributed by atoms with Gasteiger partial charge in [-0.2, -0.15) is 0 Å². The zero-order chi connectivity index (χ0) is 16.9. The largest absolute Gasteiger partial charge is 0.490 e. The third-order valence-electron chi connectivity index (χ3n) is 4.82. The number of piperidine rings is 1. The van der Waals surface area contributed by atoms with E-state index in [1.807, 2.05) is 24.3 Å². The number of carboxylic acids is 1. The Balaban J connectivity index is 1.53. The molecule has 0 unspecified atom stereocenters. The van der Waals surface area contributed by atoms with Crippen LogP contribution in [0, 0.1) is 5.92 Å². The van der Waals surface area contributed by atoms with Crippen LogP contribution in [0.25, 0.3) is 0 Å². The zero-order valence-corrected chi connectivity index (χ0v) is 13.7. The lowest BCUT2D eigenvalue weighted by Crippen LogP contribution is -2.42. The number of hydrogen-bond donors (Lipinski definition) is 2. The topological polar surface area (TPSA) is 78.9 Å². The van der Waals surface area contributed by atoms with Crippen LogP contribution in [-0.2, 0) is 4.79 Å². The van der Waals surface area contributed by atoms with E-state index in [-0.39, 0.29) is 18.1 Å². The maximum absolute atomic E-state index is 12.3. The number of anilines is 1. The monoisotopic (exact) mass is 332 g/mol. The van der Waals surface area contributed by atoms with Crippen LogP contribution >= 0.6 is 0 Å². The second-order valence-electron chi connectivity index (χ2n) is 6.58. The maximum Gasteiger partial charge on any atom is 0.321 e. The van der Waals surface area contributed by atoms with Gasteiger partial charge in [0, 0.05) is 24.8 Å². The molecule has 1 saturated carbocycles. The second-order valence-corrected chi connectivity index (χ2v) is 6.58. The number of carbonyl (C=O) groups is 2. The van der Waals surface area contributed by atoms with E-state index in [1.54, 1.807) is 4.90 Å². The fourth-order valence-electron chi connectivity index (χ4n) is 3.38. The summed E-state index contributed by atoms with van der Waals surface area (Å²) >= 11 is 0. The minimum Gasteiger partial charge on any atom is -0.490 e. The van der Waals surface area contributed by atoms with Crippen molar-refractivity contribution in [2.24, 2.45) is 5.92 Å². The summed E-state index contributed by atoms with van der Waals surface area (Å²) in [6.07, 6.45) is 5.91. The number of rotatable bonds is 4. The molecule has 1 aromatic rings. The molecule has 0 radical (unpaired) electrons. The predicted molar refractivity (Wildman–Crippen MR) is 90.3 cm³/mol. The number of nitrogens with zero attached hydrogens (tertiary/aromatic N) is 1. The van der Waals surface area contributed by atoms with Crippen molar-refractivity contribution in [1.29, 1.82) is 0 Å². The van der Waals surface area contributed by atoms with E-state index in [9.17, 15) is 9.59 Å². The van der Waals surface area contributed by atoms with Gasteiger partial charge in [-0.25, -0.2) is 4.79 Å². The summed E-state index contributed by atoms with van der Waals surface area (Å²) < 4.78 is 5.95. The first-order valence-corrected chi connectivity index (χ1v) is 8.67. The number of nitrogens with one attached hydrogen (secondary N) is 1. The van der Waals surface area contributed by atoms with Gasteiger partial charge in [-0.15, -0.1) is 0 Å². The average molecular weight is 332 g/mol. The van der Waals surface area contributed by atoms with E-state index in [0.29, 0.717) is 31.6 Å². The van der Waals surface area contributed by atoms with Crippen LogP contribution < -0.4 is 10.1 Å². The maximum atomic E-state index is 12.3. The van der Waals surface area contributed by atoms with Gasteiger partial charge in [-0.3, -0.25) is 4.79 Å². The summed E-state index contributed by atoms with van der Waals surface area (Å²) in [7, 11) is 0. The molecule has 1 heterocycles. The highest BCUT2D eigenvalue weighted by atomic mass is 16.5. The first-order valence-electron chi connectivity index (χ1n) is 8.67. The van der Waals surface area contributed by atoms with Crippen molar-refractivity contribution in [2.45, 2.75) is 44.6 Å². The molecule has 2 amide bonds. The number of amides is 2. The predicted octanol–water partition coefficient (Wildman–Crippen LogP) is 3.34. The number of hydrogen-bond acceptors (Lipinski definition) is 3. The minimum atomic E-state index is -0.771. The number of carboxylic acid groups (broad SMARTS) is 1. The molecule has 1 aliphatic heterocycles. The Labute approximate surface area is 141 Å². The van der Waals surface area contributed by atoms with Crippen LogP contribution in [0.5, 0.6) is 5.75 Å². The smallest absolute Gasteiger partial charge is 0.321 e. The number of aliphatic carboxylic acids is 1. The average Bonchev–Trinajstić information content (AvgIpc) is 3.08. The number of benzene rings is 1. The van der Waals surface area contributed by atoms with Gasteiger partial charge < -0.3 is 20.1 Å². The van der Waals surface area contributed by atoms with Crippen molar-refractivity contribution in [3.05, 3.63) is 24.3 Å². The van der Waals surface area contributed by atoms with Crippen molar-refractivity contribution in [3.63, 3.8) is 0 Å². The van der Waals surface area contributed by atoms with E-state index < -0.39 is 5.97 Å². The van der Waals surface area contributed by atoms with Gasteiger partial charge in [0.05, 0.1) is 12.0 Å². The molecule has 1 aliphatic carbocycles. The van der Waals surface area contributed by atoms with Gasteiger partial charge in [0.2, 0.25) is 0 Å². The first kappa shape index (κ1) is 16.6. The Morgan fingerprint density at radius 3 is 2.50 bits per heavy atom. The minimum absolute atomic E-state index is 0.183. The second kappa shape index (κ2) is 7.55. The third-order valence-corrected chi connectivity index (χ3v) is 4.82. The Bertz CT molecular complexity index is 590. The Kier molecular flexibility index (Phi) is 5.23. The summed E-state index contributed by atoms with van der Waals surface area (Å²) in [5.41, 5.74) is 0.704. The lowest BCUT2D eigenvalue weighted by atomic mass is 9.97. The fraction of sp³-hybridized carbons (Fsp3) is 0.556. The molecule has 130 valence electrons. The van der Waals surface area contributed by atoms with Crippen LogP contribution in [-0.4, -0.2) is 41.2 Å². The van der Waals surface area contributed by atoms with Crippen LogP contribution in [0.1, 0.15) is 38.5 Å². The number of urea groups is 1. The molecule has 0 aromatic heterocycles. The highest BCUT2D eigenvalue weighted by molar-refractivity contribution is 5.89. The molecule has 2 aliphatic rings. The summed E-state index contributed by atoms with van der Waals surface area (Å²) in [5, 5.41) is 11.9. The normalized spacial score (nSPS) is 19.2. The standard InChI is InChI=1S/C18H24N2O4/c21-17(22)13-8-10-20(11-9-13)18(23)19-14-4-3-7-16(12-14)24-15-5-1-2-6-15/h3-4,7,12-13,15H,1-2,5-6,8-11H2,(H,19,23)(H,21,22). The molecule has 3 rings (SSSR count). The molecule has 0 atom stereocenters. The van der Waals surface area contributed by atoms with Crippen LogP contribution in [0.15, 0.2) is 24.3 Å². The molecule has 1 saturated heterocycles. The molecule has 0 spiro atoms. The van der Waals surface area contributed by atoms with Gasteiger partial charge >= 0.3 is 12.0 Å². The van der Waals surface area contributed by atoms with Crippen LogP contribution in [0.2, 0.25) is 0 Å². The molecular formula is C18H24N2O4. The van der Waals surface area contributed by atoms with Gasteiger partial charge in [-0.05, 0) is 50.7 Å². The van der Waals surface area contributed by atoms with Crippen molar-refractivity contribution in [1.82, 2.24) is 4.90 Å². The third kappa shape index (κ3) is 4.19. The molecular weight excluding hydrogens is 308 g/mol. The Morgan fingerprint density at radius 2 is 1.83 bits per heavy atom. The lowest BCUT2D eigenvalue weighted by molar-refractivity contribution is -0.143. The molecule has 0 bridgehead atoms. The van der Waals surface area contributed by atoms with E-state index in [0.717, 1.165) is 18.6 Å². The van der Waals surface area contributed by atoms with Crippen LogP contribution in [0.3, 0.4) is 0 Å². The van der Waals surface area contributed by atoms with Crippen molar-refractivity contribution in [3.8, 4) is 5.75 Å². The summed E-state index contributed by atoms with van der Waals surface area (Å²) in [6, 6.07) is 7.28.